The van der Waals surface area contributed by atoms with Gasteiger partial charge in [0.25, 0.3) is 5.91 Å². The number of carbonyl (C=O) groups is 2. The molecule has 0 aliphatic carbocycles. The third-order valence-electron chi connectivity index (χ3n) is 2.37. The lowest BCUT2D eigenvalue weighted by molar-refractivity contribution is -0.141. The molecule has 0 aliphatic heterocycles. The molecule has 0 spiro atoms. The summed E-state index contributed by atoms with van der Waals surface area (Å²) < 4.78 is 4.56. The van der Waals surface area contributed by atoms with E-state index in [1.54, 1.807) is 12.1 Å². The molecule has 6 nitrogen and oxygen atoms in total. The van der Waals surface area contributed by atoms with Gasteiger partial charge in [-0.15, -0.1) is 0 Å². The van der Waals surface area contributed by atoms with Crippen molar-refractivity contribution in [3.8, 4) is 0 Å². The van der Waals surface area contributed by atoms with Crippen molar-refractivity contribution in [3.05, 3.63) is 24.0 Å². The number of amides is 1. The number of nitrogens with zero attached hydrogens (tertiary/aromatic N) is 2. The van der Waals surface area contributed by atoms with Crippen LogP contribution < -0.4 is 5.73 Å². The second-order valence-electron chi connectivity index (χ2n) is 3.74. The van der Waals surface area contributed by atoms with Crippen molar-refractivity contribution >= 4 is 17.6 Å². The Morgan fingerprint density at radius 2 is 2.22 bits per heavy atom. The first-order valence-electron chi connectivity index (χ1n) is 5.66. The van der Waals surface area contributed by atoms with Gasteiger partial charge in [-0.2, -0.15) is 0 Å². The highest BCUT2D eigenvalue weighted by Gasteiger charge is 2.21. The van der Waals surface area contributed by atoms with Gasteiger partial charge in [-0.1, -0.05) is 6.92 Å². The maximum atomic E-state index is 12.2. The van der Waals surface area contributed by atoms with E-state index in [-0.39, 0.29) is 18.1 Å². The lowest BCUT2D eigenvalue weighted by Gasteiger charge is -2.20. The molecule has 1 rings (SSSR count). The topological polar surface area (TPSA) is 85.5 Å². The average molecular weight is 251 g/mol. The Morgan fingerprint density at radius 1 is 1.50 bits per heavy atom. The van der Waals surface area contributed by atoms with Crippen LogP contribution in [0.4, 0.5) is 5.69 Å². The number of anilines is 1. The Labute approximate surface area is 106 Å². The number of aromatic nitrogens is 1. The van der Waals surface area contributed by atoms with Crippen LogP contribution in [-0.4, -0.2) is 42.0 Å². The van der Waals surface area contributed by atoms with Crippen molar-refractivity contribution in [3.63, 3.8) is 0 Å². The molecular weight excluding hydrogens is 234 g/mol. The fraction of sp³-hybridized carbons (Fsp3) is 0.417. The number of pyridine rings is 1. The number of ether oxygens (including phenoxy) is 1. The highest BCUT2D eigenvalue weighted by molar-refractivity contribution is 5.98. The van der Waals surface area contributed by atoms with Gasteiger partial charge < -0.3 is 15.4 Å². The lowest BCUT2D eigenvalue weighted by atomic mass is 10.2. The van der Waals surface area contributed by atoms with E-state index in [1.807, 2.05) is 6.92 Å². The van der Waals surface area contributed by atoms with Crippen molar-refractivity contribution < 1.29 is 14.3 Å². The quantitative estimate of drug-likeness (QED) is 0.778. The molecule has 0 unspecified atom stereocenters. The summed E-state index contributed by atoms with van der Waals surface area (Å²) >= 11 is 0. The van der Waals surface area contributed by atoms with Crippen LogP contribution in [0.5, 0.6) is 0 Å². The van der Waals surface area contributed by atoms with E-state index in [2.05, 4.69) is 9.72 Å². The molecule has 0 bridgehead atoms. The van der Waals surface area contributed by atoms with Gasteiger partial charge >= 0.3 is 5.97 Å². The molecule has 6 heteroatoms. The standard InChI is InChI=1S/C12H17N3O3/c1-3-7-15(8-10(16)18-2)12(17)11-9(13)5-4-6-14-11/h4-6H,3,7-8,13H2,1-2H3. The van der Waals surface area contributed by atoms with E-state index in [9.17, 15) is 9.59 Å². The smallest absolute Gasteiger partial charge is 0.325 e. The summed E-state index contributed by atoms with van der Waals surface area (Å²) in [5.74, 6) is -0.827. The van der Waals surface area contributed by atoms with Gasteiger partial charge in [-0.05, 0) is 18.6 Å². The van der Waals surface area contributed by atoms with Crippen LogP contribution in [0.25, 0.3) is 0 Å². The predicted molar refractivity (Wildman–Crippen MR) is 66.9 cm³/mol. The molecule has 0 saturated heterocycles. The van der Waals surface area contributed by atoms with Crippen molar-refractivity contribution in [2.45, 2.75) is 13.3 Å². The molecule has 2 N–H and O–H groups in total. The number of rotatable bonds is 5. The molecule has 0 fully saturated rings. The third kappa shape index (κ3) is 3.44. The van der Waals surface area contributed by atoms with Gasteiger partial charge in [0.15, 0.2) is 5.69 Å². The minimum absolute atomic E-state index is 0.0980. The average Bonchev–Trinajstić information content (AvgIpc) is 2.38. The first-order valence-corrected chi connectivity index (χ1v) is 5.66. The van der Waals surface area contributed by atoms with Crippen molar-refractivity contribution in [1.82, 2.24) is 9.88 Å². The normalized spacial score (nSPS) is 9.89. The number of nitrogens with two attached hydrogens (primary N) is 1. The van der Waals surface area contributed by atoms with Crippen molar-refractivity contribution in [2.75, 3.05) is 25.9 Å². The summed E-state index contributed by atoms with van der Waals surface area (Å²) in [6.07, 6.45) is 2.22. The monoisotopic (exact) mass is 251 g/mol. The van der Waals surface area contributed by atoms with E-state index >= 15 is 0 Å². The molecule has 0 aromatic carbocycles. The Balaban J connectivity index is 2.89. The number of hydrogen-bond acceptors (Lipinski definition) is 5. The molecule has 0 saturated carbocycles. The van der Waals surface area contributed by atoms with Crippen LogP contribution in [0.3, 0.4) is 0 Å². The first kappa shape index (κ1) is 14.0. The van der Waals surface area contributed by atoms with E-state index < -0.39 is 5.97 Å². The van der Waals surface area contributed by atoms with Gasteiger partial charge in [0.1, 0.15) is 6.54 Å². The van der Waals surface area contributed by atoms with Crippen LogP contribution in [0, 0.1) is 0 Å². The molecule has 1 aromatic rings. The number of hydrogen-bond donors (Lipinski definition) is 1. The number of nitrogen functional groups attached to an aromatic ring is 1. The van der Waals surface area contributed by atoms with Crippen LogP contribution in [0.1, 0.15) is 23.8 Å². The van der Waals surface area contributed by atoms with Gasteiger partial charge in [0.2, 0.25) is 0 Å². The molecule has 0 aliphatic rings. The molecule has 1 heterocycles. The van der Waals surface area contributed by atoms with Crippen LogP contribution >= 0.6 is 0 Å². The molecule has 0 radical (unpaired) electrons. The summed E-state index contributed by atoms with van der Waals surface area (Å²) in [7, 11) is 1.28. The van der Waals surface area contributed by atoms with Crippen LogP contribution in [-0.2, 0) is 9.53 Å². The zero-order valence-corrected chi connectivity index (χ0v) is 10.5. The Hall–Kier alpha value is -2.11. The minimum Gasteiger partial charge on any atom is -0.468 e. The molecule has 98 valence electrons. The molecule has 18 heavy (non-hydrogen) atoms. The fourth-order valence-electron chi connectivity index (χ4n) is 1.49. The summed E-state index contributed by atoms with van der Waals surface area (Å²) in [5, 5.41) is 0. The summed E-state index contributed by atoms with van der Waals surface area (Å²) in [5.41, 5.74) is 6.15. The Morgan fingerprint density at radius 3 is 2.78 bits per heavy atom. The van der Waals surface area contributed by atoms with Crippen molar-refractivity contribution in [1.29, 1.82) is 0 Å². The van der Waals surface area contributed by atoms with E-state index in [0.717, 1.165) is 6.42 Å². The van der Waals surface area contributed by atoms with Gasteiger partial charge in [-0.25, -0.2) is 4.98 Å². The minimum atomic E-state index is -0.466. The van der Waals surface area contributed by atoms with E-state index in [1.165, 1.54) is 18.2 Å². The number of carbonyl (C=O) groups excluding carboxylic acids is 2. The maximum absolute atomic E-state index is 12.2. The highest BCUT2D eigenvalue weighted by Crippen LogP contribution is 2.10. The van der Waals surface area contributed by atoms with Crippen LogP contribution in [0.15, 0.2) is 18.3 Å². The van der Waals surface area contributed by atoms with Gasteiger partial charge in [0, 0.05) is 12.7 Å². The Kier molecular flexibility index (Phi) is 5.10. The third-order valence-corrected chi connectivity index (χ3v) is 2.37. The summed E-state index contributed by atoms with van der Waals surface area (Å²) in [4.78, 5) is 28.8. The largest absolute Gasteiger partial charge is 0.468 e. The van der Waals surface area contributed by atoms with Gasteiger partial charge in [0.05, 0.1) is 12.8 Å². The lowest BCUT2D eigenvalue weighted by Crippen LogP contribution is -2.37. The summed E-state index contributed by atoms with van der Waals surface area (Å²) in [6.45, 7) is 2.27. The SMILES string of the molecule is CCCN(CC(=O)OC)C(=O)c1ncccc1N. The van der Waals surface area contributed by atoms with E-state index in [0.29, 0.717) is 12.2 Å². The highest BCUT2D eigenvalue weighted by atomic mass is 16.5. The molecular formula is C12H17N3O3. The zero-order chi connectivity index (χ0) is 13.5. The zero-order valence-electron chi connectivity index (χ0n) is 10.5. The molecule has 1 amide bonds. The molecule has 1 aromatic heterocycles. The van der Waals surface area contributed by atoms with Gasteiger partial charge in [-0.3, -0.25) is 9.59 Å². The predicted octanol–water partition coefficient (Wildman–Crippen LogP) is 0.689. The molecule has 0 atom stereocenters. The summed E-state index contributed by atoms with van der Waals surface area (Å²) in [6, 6.07) is 3.25. The number of esters is 1. The first-order chi connectivity index (χ1) is 8.60. The fourth-order valence-corrected chi connectivity index (χ4v) is 1.49. The number of methoxy groups -OCH3 is 1. The maximum Gasteiger partial charge on any atom is 0.325 e. The van der Waals surface area contributed by atoms with E-state index in [4.69, 9.17) is 5.73 Å². The van der Waals surface area contributed by atoms with Crippen LogP contribution in [0.2, 0.25) is 0 Å². The second kappa shape index (κ2) is 6.58. The van der Waals surface area contributed by atoms with Crippen molar-refractivity contribution in [2.24, 2.45) is 0 Å². The second-order valence-corrected chi connectivity index (χ2v) is 3.74. The Bertz CT molecular complexity index is 434.